The second-order valence-corrected chi connectivity index (χ2v) is 14.4. The number of urea groups is 1. The molecule has 0 spiro atoms. The number of rotatable bonds is 11. The zero-order valence-electron chi connectivity index (χ0n) is 27.1. The van der Waals surface area contributed by atoms with Crippen LogP contribution in [0.4, 0.5) is 23.1 Å². The van der Waals surface area contributed by atoms with Crippen LogP contribution in [0.25, 0.3) is 0 Å². The van der Waals surface area contributed by atoms with E-state index in [0.29, 0.717) is 32.0 Å². The molecule has 5 rings (SSSR count). The Balaban J connectivity index is 1.29. The number of morpholine rings is 1. The highest BCUT2D eigenvalue weighted by atomic mass is 32.2. The van der Waals surface area contributed by atoms with E-state index in [9.17, 15) is 36.0 Å². The number of anilines is 1. The van der Waals surface area contributed by atoms with Crippen LogP contribution in [0, 0.1) is 0 Å². The van der Waals surface area contributed by atoms with Crippen molar-refractivity contribution in [3.05, 3.63) is 70.7 Å². The van der Waals surface area contributed by atoms with Crippen molar-refractivity contribution in [1.29, 1.82) is 0 Å². The minimum Gasteiger partial charge on any atom is -0.406 e. The van der Waals surface area contributed by atoms with E-state index in [2.05, 4.69) is 27.3 Å². The molecule has 2 fully saturated rings. The molecule has 0 bridgehead atoms. The van der Waals surface area contributed by atoms with E-state index >= 15 is 0 Å². The number of alkyl halides is 3. The summed E-state index contributed by atoms with van der Waals surface area (Å²) < 4.78 is 75.6. The van der Waals surface area contributed by atoms with Crippen molar-refractivity contribution in [3.8, 4) is 5.75 Å². The lowest BCUT2D eigenvalue weighted by Crippen LogP contribution is -2.61. The summed E-state index contributed by atoms with van der Waals surface area (Å²) in [5.41, 5.74) is 2.39. The predicted octanol–water partition coefficient (Wildman–Crippen LogP) is 3.62. The molecule has 2 aliphatic heterocycles. The molecule has 2 aromatic carbocycles. The minimum absolute atomic E-state index is 0.0514. The van der Waals surface area contributed by atoms with Crippen molar-refractivity contribution in [3.63, 3.8) is 0 Å². The number of thiazole rings is 1. The Morgan fingerprint density at radius 3 is 2.32 bits per heavy atom. The normalized spacial score (nSPS) is 17.3. The van der Waals surface area contributed by atoms with Crippen LogP contribution in [0.15, 0.2) is 58.8 Å². The number of benzene rings is 2. The lowest BCUT2D eigenvalue weighted by Gasteiger charge is -2.39. The highest BCUT2D eigenvalue weighted by Crippen LogP contribution is 2.27. The van der Waals surface area contributed by atoms with Gasteiger partial charge in [-0.3, -0.25) is 14.9 Å². The third kappa shape index (κ3) is 9.70. The fourth-order valence-corrected chi connectivity index (χ4v) is 7.79. The monoisotopic (exact) mass is 738 g/mol. The zero-order valence-corrected chi connectivity index (χ0v) is 28.8. The van der Waals surface area contributed by atoms with Crippen molar-refractivity contribution in [2.45, 2.75) is 50.0 Å². The molecule has 3 aromatic rings. The van der Waals surface area contributed by atoms with Crippen LogP contribution in [0.1, 0.15) is 30.2 Å². The summed E-state index contributed by atoms with van der Waals surface area (Å²) in [6.07, 6.45) is -3.03. The molecule has 4 amide bonds. The number of halogens is 3. The SMILES string of the molecule is CCCc1ccc(CNC(=O)[C@H]2CN(C(=O)Nc3nc(CC(=O)N4CCOCC4)cs3)CCN2S(=O)(=O)c2ccc(OC(F)(F)F)cc2)cc1. The quantitative estimate of drug-likeness (QED) is 0.303. The summed E-state index contributed by atoms with van der Waals surface area (Å²) in [6, 6.07) is 9.30. The van der Waals surface area contributed by atoms with E-state index in [1.165, 1.54) is 4.90 Å². The number of aryl methyl sites for hydroxylation is 1. The predicted molar refractivity (Wildman–Crippen MR) is 177 cm³/mol. The number of amides is 4. The van der Waals surface area contributed by atoms with Gasteiger partial charge < -0.3 is 24.6 Å². The zero-order chi connectivity index (χ0) is 35.9. The average Bonchev–Trinajstić information content (AvgIpc) is 3.53. The van der Waals surface area contributed by atoms with Gasteiger partial charge in [0.1, 0.15) is 11.8 Å². The fraction of sp³-hybridized carbons (Fsp3) is 0.438. The second-order valence-electron chi connectivity index (χ2n) is 11.6. The first-order valence-corrected chi connectivity index (χ1v) is 18.2. The lowest BCUT2D eigenvalue weighted by molar-refractivity contribution is -0.274. The van der Waals surface area contributed by atoms with E-state index in [1.807, 2.05) is 24.3 Å². The molecule has 270 valence electrons. The molecule has 0 aliphatic carbocycles. The summed E-state index contributed by atoms with van der Waals surface area (Å²) in [4.78, 5) is 46.6. The van der Waals surface area contributed by atoms with Gasteiger partial charge in [-0.1, -0.05) is 37.6 Å². The summed E-state index contributed by atoms with van der Waals surface area (Å²) in [5.74, 6) is -1.38. The molecule has 13 nitrogen and oxygen atoms in total. The van der Waals surface area contributed by atoms with Crippen LogP contribution in [-0.4, -0.2) is 104 Å². The molecule has 3 heterocycles. The molecule has 0 saturated carbocycles. The lowest BCUT2D eigenvalue weighted by atomic mass is 10.1. The van der Waals surface area contributed by atoms with Crippen LogP contribution >= 0.6 is 11.3 Å². The molecule has 50 heavy (non-hydrogen) atoms. The van der Waals surface area contributed by atoms with Gasteiger partial charge in [0.15, 0.2) is 5.13 Å². The number of nitrogens with one attached hydrogen (secondary N) is 2. The third-order valence-corrected chi connectivity index (χ3v) is 10.8. The van der Waals surface area contributed by atoms with Gasteiger partial charge >= 0.3 is 12.4 Å². The second kappa shape index (κ2) is 16.2. The highest BCUT2D eigenvalue weighted by molar-refractivity contribution is 7.89. The molecule has 1 atom stereocenters. The Hall–Kier alpha value is -4.26. The molecule has 2 N–H and O–H groups in total. The van der Waals surface area contributed by atoms with Gasteiger partial charge in [-0.25, -0.2) is 18.2 Å². The average molecular weight is 739 g/mol. The van der Waals surface area contributed by atoms with Gasteiger partial charge in [0.25, 0.3) is 0 Å². The number of aromatic nitrogens is 1. The largest absolute Gasteiger partial charge is 0.573 e. The summed E-state index contributed by atoms with van der Waals surface area (Å²) >= 11 is 1.12. The number of hydrogen-bond acceptors (Lipinski definition) is 9. The van der Waals surface area contributed by atoms with Crippen molar-refractivity contribution in [2.75, 3.05) is 51.3 Å². The van der Waals surface area contributed by atoms with Crippen LogP contribution in [0.5, 0.6) is 5.75 Å². The number of nitrogens with zero attached hydrogens (tertiary/aromatic N) is 4. The number of carbonyl (C=O) groups excluding carboxylic acids is 3. The smallest absolute Gasteiger partial charge is 0.406 e. The molecule has 2 saturated heterocycles. The van der Waals surface area contributed by atoms with Gasteiger partial charge in [0, 0.05) is 44.6 Å². The van der Waals surface area contributed by atoms with Crippen molar-refractivity contribution in [1.82, 2.24) is 24.4 Å². The Labute approximate surface area is 291 Å². The number of sulfonamides is 1. The van der Waals surface area contributed by atoms with Gasteiger partial charge in [-0.2, -0.15) is 4.31 Å². The van der Waals surface area contributed by atoms with Gasteiger partial charge in [-0.15, -0.1) is 24.5 Å². The molecular formula is C32H37F3N6O7S2. The molecule has 0 unspecified atom stereocenters. The van der Waals surface area contributed by atoms with Gasteiger partial charge in [0.05, 0.1) is 30.2 Å². The maximum absolute atomic E-state index is 13.8. The van der Waals surface area contributed by atoms with E-state index < -0.39 is 40.1 Å². The van der Waals surface area contributed by atoms with Crippen LogP contribution < -0.4 is 15.4 Å². The molecule has 2 aliphatic rings. The third-order valence-electron chi connectivity index (χ3n) is 8.08. The van der Waals surface area contributed by atoms with Gasteiger partial charge in [-0.05, 0) is 41.8 Å². The van der Waals surface area contributed by atoms with Crippen LogP contribution in [0.2, 0.25) is 0 Å². The van der Waals surface area contributed by atoms with E-state index in [1.54, 1.807) is 10.3 Å². The first-order valence-electron chi connectivity index (χ1n) is 15.9. The first kappa shape index (κ1) is 37.0. The topological polar surface area (TPSA) is 150 Å². The Morgan fingerprint density at radius 1 is 0.980 bits per heavy atom. The van der Waals surface area contributed by atoms with Crippen LogP contribution in [0.3, 0.4) is 0 Å². The molecular weight excluding hydrogens is 702 g/mol. The maximum atomic E-state index is 13.8. The van der Waals surface area contributed by atoms with Gasteiger partial charge in [0.2, 0.25) is 21.8 Å². The fourth-order valence-electron chi connectivity index (χ4n) is 5.52. The number of hydrogen-bond donors (Lipinski definition) is 2. The van der Waals surface area contributed by atoms with Crippen molar-refractivity contribution in [2.24, 2.45) is 0 Å². The van der Waals surface area contributed by atoms with Crippen molar-refractivity contribution < 1.29 is 45.4 Å². The Bertz CT molecular complexity index is 1750. The Morgan fingerprint density at radius 2 is 1.66 bits per heavy atom. The first-order chi connectivity index (χ1) is 23.8. The van der Waals surface area contributed by atoms with E-state index in [0.717, 1.165) is 63.9 Å². The number of piperazine rings is 1. The number of ether oxygens (including phenoxy) is 2. The summed E-state index contributed by atoms with van der Waals surface area (Å²) in [5, 5.41) is 7.32. The van der Waals surface area contributed by atoms with E-state index in [4.69, 9.17) is 4.74 Å². The van der Waals surface area contributed by atoms with E-state index in [-0.39, 0.29) is 48.5 Å². The highest BCUT2D eigenvalue weighted by Gasteiger charge is 2.41. The van der Waals surface area contributed by atoms with Crippen LogP contribution in [-0.2, 0) is 43.7 Å². The standard InChI is InChI=1S/C32H37F3N6O7S2/c1-2-3-22-4-6-23(7-5-22)19-36-29(43)27-20-40(12-13-41(27)50(45,46)26-10-8-25(9-11-26)48-32(33,34)35)31(44)38-30-37-24(21-49-30)18-28(42)39-14-16-47-17-15-39/h4-11,21,27H,2-3,12-20H2,1H3,(H,36,43)(H,37,38,44)/t27-/m1/s1. The minimum atomic E-state index is -4.96. The number of carbonyl (C=O) groups is 3. The summed E-state index contributed by atoms with van der Waals surface area (Å²) in [6.45, 7) is 3.37. The summed E-state index contributed by atoms with van der Waals surface area (Å²) in [7, 11) is -4.41. The molecule has 1 aromatic heterocycles. The molecule has 18 heteroatoms. The maximum Gasteiger partial charge on any atom is 0.573 e. The molecule has 0 radical (unpaired) electrons. The Kier molecular flexibility index (Phi) is 12.0. The van der Waals surface area contributed by atoms with Crippen molar-refractivity contribution >= 4 is 44.3 Å².